The van der Waals surface area contributed by atoms with Gasteiger partial charge in [-0.05, 0) is 30.6 Å². The van der Waals surface area contributed by atoms with Crippen molar-refractivity contribution in [3.8, 4) is 0 Å². The largest absolute Gasteiger partial charge is 0.142 e. The molecular formula is C12H12S4. The van der Waals surface area contributed by atoms with Crippen LogP contribution in [0.15, 0.2) is 54.1 Å². The van der Waals surface area contributed by atoms with Crippen LogP contribution in [0.3, 0.4) is 0 Å². The molecule has 2 rings (SSSR count). The van der Waals surface area contributed by atoms with E-state index in [1.54, 1.807) is 0 Å². The van der Waals surface area contributed by atoms with E-state index >= 15 is 0 Å². The van der Waals surface area contributed by atoms with Crippen LogP contribution in [0.1, 0.15) is 13.8 Å². The predicted octanol–water partition coefficient (Wildman–Crippen LogP) is 4.35. The molecule has 0 fully saturated rings. The topological polar surface area (TPSA) is 0 Å². The van der Waals surface area contributed by atoms with E-state index in [0.717, 1.165) is 25.2 Å². The lowest BCUT2D eigenvalue weighted by Gasteiger charge is -2.08. The first-order valence-corrected chi connectivity index (χ1v) is 6.59. The van der Waals surface area contributed by atoms with Gasteiger partial charge in [0.05, 0.1) is 0 Å². The highest BCUT2D eigenvalue weighted by Gasteiger charge is 2.25. The molecule has 0 unspecified atom stereocenters. The minimum Gasteiger partial charge on any atom is -0.142 e. The molecule has 0 radical (unpaired) electrons. The lowest BCUT2D eigenvalue weighted by atomic mass is 10.0. The minimum absolute atomic E-state index is 0.796. The molecule has 0 aromatic rings. The lowest BCUT2D eigenvalue weighted by Crippen LogP contribution is -1.89. The van der Waals surface area contributed by atoms with Crippen molar-refractivity contribution in [3.05, 3.63) is 54.1 Å². The van der Waals surface area contributed by atoms with Crippen LogP contribution >= 0.6 is 50.5 Å². The van der Waals surface area contributed by atoms with Crippen LogP contribution in [0.5, 0.6) is 0 Å². The zero-order chi connectivity index (χ0) is 12.0. The fraction of sp³-hybridized carbons (Fsp3) is 0.167. The molecule has 0 atom stereocenters. The van der Waals surface area contributed by atoms with Gasteiger partial charge >= 0.3 is 0 Å². The third-order valence-electron chi connectivity index (χ3n) is 2.91. The summed E-state index contributed by atoms with van der Waals surface area (Å²) in [6.45, 7) is 4.20. The molecule has 84 valence electrons. The highest BCUT2D eigenvalue weighted by atomic mass is 32.1. The summed E-state index contributed by atoms with van der Waals surface area (Å²) in [6.07, 6.45) is 4.20. The average molecular weight is 284 g/mol. The van der Waals surface area contributed by atoms with Gasteiger partial charge in [-0.2, -0.15) is 0 Å². The maximum atomic E-state index is 4.50. The quantitative estimate of drug-likeness (QED) is 0.467. The van der Waals surface area contributed by atoms with Crippen LogP contribution in [0.25, 0.3) is 0 Å². The zero-order valence-corrected chi connectivity index (χ0v) is 12.5. The van der Waals surface area contributed by atoms with Crippen molar-refractivity contribution in [2.45, 2.75) is 13.8 Å². The van der Waals surface area contributed by atoms with Crippen molar-refractivity contribution in [3.63, 3.8) is 0 Å². The molecule has 0 heterocycles. The Hall–Kier alpha value is 0.1000. The third kappa shape index (κ3) is 1.76. The highest BCUT2D eigenvalue weighted by molar-refractivity contribution is 7.94. The molecule has 16 heavy (non-hydrogen) atoms. The van der Waals surface area contributed by atoms with E-state index in [1.165, 1.54) is 16.7 Å². The Labute approximate surface area is 118 Å². The van der Waals surface area contributed by atoms with E-state index in [-0.39, 0.29) is 0 Å². The van der Waals surface area contributed by atoms with Crippen LogP contribution in [-0.2, 0) is 0 Å². The summed E-state index contributed by atoms with van der Waals surface area (Å²) in [7, 11) is 0. The molecule has 0 aromatic carbocycles. The Morgan fingerprint density at radius 3 is 1.62 bits per heavy atom. The molecule has 4 heteroatoms. The normalized spacial score (nSPS) is 21.1. The van der Waals surface area contributed by atoms with Crippen molar-refractivity contribution in [2.75, 3.05) is 0 Å². The number of hydrogen-bond acceptors (Lipinski definition) is 4. The van der Waals surface area contributed by atoms with Crippen molar-refractivity contribution in [1.29, 1.82) is 0 Å². The second kappa shape index (κ2) is 4.41. The van der Waals surface area contributed by atoms with E-state index < -0.39 is 0 Å². The summed E-state index contributed by atoms with van der Waals surface area (Å²) in [6, 6.07) is 0. The second-order valence-corrected chi connectivity index (χ2v) is 5.61. The Kier molecular flexibility index (Phi) is 3.46. The monoisotopic (exact) mass is 284 g/mol. The molecule has 0 bridgehead atoms. The Bertz CT molecular complexity index is 501. The SMILES string of the molecule is CC1=C(C)C(=C2C(S)=C(S)C(S)=C2S)C=C1. The van der Waals surface area contributed by atoms with Crippen molar-refractivity contribution in [2.24, 2.45) is 0 Å². The van der Waals surface area contributed by atoms with E-state index in [0.29, 0.717) is 0 Å². The van der Waals surface area contributed by atoms with Gasteiger partial charge in [0.25, 0.3) is 0 Å². The Balaban J connectivity index is 2.70. The van der Waals surface area contributed by atoms with E-state index in [4.69, 9.17) is 0 Å². The van der Waals surface area contributed by atoms with Gasteiger partial charge in [-0.1, -0.05) is 12.2 Å². The van der Waals surface area contributed by atoms with Gasteiger partial charge in [-0.25, -0.2) is 0 Å². The third-order valence-corrected chi connectivity index (χ3v) is 5.23. The fourth-order valence-electron chi connectivity index (χ4n) is 1.77. The standard InChI is InChI=1S/C12H12S4/c1-5-3-4-7(6(5)2)8-9(13)11(15)12(16)10(8)14/h3-4,13-16H,1-2H3. The first kappa shape index (κ1) is 12.6. The van der Waals surface area contributed by atoms with Crippen molar-refractivity contribution >= 4 is 50.5 Å². The maximum Gasteiger partial charge on any atom is 0.0326 e. The predicted molar refractivity (Wildman–Crippen MR) is 84.5 cm³/mol. The van der Waals surface area contributed by atoms with Crippen LogP contribution in [0.2, 0.25) is 0 Å². The zero-order valence-electron chi connectivity index (χ0n) is 8.94. The summed E-state index contributed by atoms with van der Waals surface area (Å²) < 4.78 is 0. The fourth-order valence-corrected chi connectivity index (χ4v) is 3.17. The Morgan fingerprint density at radius 1 is 0.750 bits per heavy atom. The van der Waals surface area contributed by atoms with Crippen LogP contribution < -0.4 is 0 Å². The molecular weight excluding hydrogens is 272 g/mol. The van der Waals surface area contributed by atoms with Crippen LogP contribution in [0, 0.1) is 0 Å². The first-order chi connectivity index (χ1) is 7.45. The van der Waals surface area contributed by atoms with Crippen molar-refractivity contribution in [1.82, 2.24) is 0 Å². The molecule has 0 saturated heterocycles. The van der Waals surface area contributed by atoms with Gasteiger partial charge in [-0.15, -0.1) is 50.5 Å². The smallest absolute Gasteiger partial charge is 0.0326 e. The van der Waals surface area contributed by atoms with Gasteiger partial charge in [0.1, 0.15) is 0 Å². The van der Waals surface area contributed by atoms with Gasteiger partial charge in [0.2, 0.25) is 0 Å². The maximum absolute atomic E-state index is 4.50. The van der Waals surface area contributed by atoms with Gasteiger partial charge in [0.15, 0.2) is 0 Å². The molecule has 0 N–H and O–H groups in total. The van der Waals surface area contributed by atoms with Gasteiger partial charge in [-0.3, -0.25) is 0 Å². The van der Waals surface area contributed by atoms with Crippen LogP contribution in [0.4, 0.5) is 0 Å². The number of thiol groups is 4. The van der Waals surface area contributed by atoms with E-state index in [9.17, 15) is 0 Å². The first-order valence-electron chi connectivity index (χ1n) is 4.81. The summed E-state index contributed by atoms with van der Waals surface area (Å²) >= 11 is 17.8. The molecule has 0 amide bonds. The summed E-state index contributed by atoms with van der Waals surface area (Å²) in [5, 5.41) is 0. The molecule has 0 spiro atoms. The molecule has 2 aliphatic rings. The number of rotatable bonds is 0. The van der Waals surface area contributed by atoms with Gasteiger partial charge in [0, 0.05) is 25.2 Å². The average Bonchev–Trinajstić information content (AvgIpc) is 2.66. The van der Waals surface area contributed by atoms with Crippen molar-refractivity contribution < 1.29 is 0 Å². The number of hydrogen-bond donors (Lipinski definition) is 4. The lowest BCUT2D eigenvalue weighted by molar-refractivity contribution is 1.36. The summed E-state index contributed by atoms with van der Waals surface area (Å²) in [5.74, 6) is 0. The molecule has 0 aromatic heterocycles. The van der Waals surface area contributed by atoms with E-state index in [1.807, 2.05) is 0 Å². The van der Waals surface area contributed by atoms with Gasteiger partial charge < -0.3 is 0 Å². The molecule has 2 aliphatic carbocycles. The minimum atomic E-state index is 0.796. The van der Waals surface area contributed by atoms with E-state index in [2.05, 4.69) is 76.5 Å². The highest BCUT2D eigenvalue weighted by Crippen LogP contribution is 2.47. The number of allylic oxidation sites excluding steroid dienone is 7. The molecule has 0 saturated carbocycles. The molecule has 0 aliphatic heterocycles. The van der Waals surface area contributed by atoms with Crippen LogP contribution in [-0.4, -0.2) is 0 Å². The summed E-state index contributed by atoms with van der Waals surface area (Å²) in [5.41, 5.74) is 4.74. The second-order valence-electron chi connectivity index (χ2n) is 3.82. The Morgan fingerprint density at radius 2 is 1.25 bits per heavy atom. The summed E-state index contributed by atoms with van der Waals surface area (Å²) in [4.78, 5) is 3.30. The molecule has 0 nitrogen and oxygen atoms in total.